The Balaban J connectivity index is 2.08. The maximum absolute atomic E-state index is 10.9. The summed E-state index contributed by atoms with van der Waals surface area (Å²) >= 11 is 0. The van der Waals surface area contributed by atoms with E-state index in [9.17, 15) is 14.7 Å². The molecule has 0 aromatic heterocycles. The van der Waals surface area contributed by atoms with Crippen molar-refractivity contribution in [3.05, 3.63) is 0 Å². The van der Waals surface area contributed by atoms with Crippen LogP contribution in [0.25, 0.3) is 0 Å². The Morgan fingerprint density at radius 3 is 2.93 bits per heavy atom. The summed E-state index contributed by atoms with van der Waals surface area (Å²) in [5.41, 5.74) is 0. The molecule has 1 aliphatic heterocycles. The van der Waals surface area contributed by atoms with Crippen molar-refractivity contribution in [1.82, 2.24) is 0 Å². The molecule has 1 saturated heterocycles. The molecule has 5 nitrogen and oxygen atoms in total. The van der Waals surface area contributed by atoms with Gasteiger partial charge in [0.25, 0.3) is 0 Å². The van der Waals surface area contributed by atoms with Gasteiger partial charge in [-0.2, -0.15) is 0 Å². The van der Waals surface area contributed by atoms with Crippen molar-refractivity contribution in [2.45, 2.75) is 31.5 Å². The van der Waals surface area contributed by atoms with E-state index in [-0.39, 0.29) is 36.8 Å². The lowest BCUT2D eigenvalue weighted by Crippen LogP contribution is -2.23. The summed E-state index contributed by atoms with van der Waals surface area (Å²) in [4.78, 5) is 21.5. The Bertz CT molecular complexity index is 274. The highest BCUT2D eigenvalue weighted by Gasteiger charge is 2.49. The van der Waals surface area contributed by atoms with E-state index in [0.29, 0.717) is 6.42 Å². The van der Waals surface area contributed by atoms with E-state index in [4.69, 9.17) is 9.84 Å². The minimum Gasteiger partial charge on any atom is -0.481 e. The van der Waals surface area contributed by atoms with Crippen LogP contribution in [0.5, 0.6) is 0 Å². The number of fused-ring (bicyclic) bond motifs is 1. The standard InChI is InChI=1S/C9H12O5/c10-6-3-7-5(2-9(13)14-7)4(6)1-8(11)12/h4-7,10H,1-3H2,(H,11,12)/t4?,5-,6?,7?/m1/s1. The number of hydrogen-bond donors (Lipinski definition) is 2. The number of ether oxygens (including phenoxy) is 1. The van der Waals surface area contributed by atoms with Crippen LogP contribution in [0.2, 0.25) is 0 Å². The third-order valence-corrected chi connectivity index (χ3v) is 3.09. The molecule has 1 saturated carbocycles. The average Bonchev–Trinajstić information content (AvgIpc) is 2.51. The molecule has 0 bridgehead atoms. The van der Waals surface area contributed by atoms with E-state index in [1.165, 1.54) is 0 Å². The summed E-state index contributed by atoms with van der Waals surface area (Å²) < 4.78 is 4.98. The number of carboxylic acids is 1. The molecular formula is C9H12O5. The highest BCUT2D eigenvalue weighted by molar-refractivity contribution is 5.73. The zero-order valence-electron chi connectivity index (χ0n) is 7.55. The Morgan fingerprint density at radius 1 is 1.57 bits per heavy atom. The maximum atomic E-state index is 10.9. The van der Waals surface area contributed by atoms with Gasteiger partial charge in [-0.15, -0.1) is 0 Å². The van der Waals surface area contributed by atoms with Gasteiger partial charge in [0.05, 0.1) is 18.9 Å². The summed E-state index contributed by atoms with van der Waals surface area (Å²) in [6.45, 7) is 0. The van der Waals surface area contributed by atoms with E-state index in [2.05, 4.69) is 0 Å². The van der Waals surface area contributed by atoms with Crippen molar-refractivity contribution in [2.24, 2.45) is 11.8 Å². The van der Waals surface area contributed by atoms with E-state index in [0.717, 1.165) is 0 Å². The predicted molar refractivity (Wildman–Crippen MR) is 44.4 cm³/mol. The van der Waals surface area contributed by atoms with Crippen LogP contribution in [-0.4, -0.2) is 34.4 Å². The minimum absolute atomic E-state index is 0.0844. The topological polar surface area (TPSA) is 83.8 Å². The van der Waals surface area contributed by atoms with Crippen LogP contribution >= 0.6 is 0 Å². The summed E-state index contributed by atoms with van der Waals surface area (Å²) in [6, 6.07) is 0. The smallest absolute Gasteiger partial charge is 0.306 e. The zero-order chi connectivity index (χ0) is 10.3. The van der Waals surface area contributed by atoms with Crippen LogP contribution in [0.1, 0.15) is 19.3 Å². The molecule has 2 N–H and O–H groups in total. The molecule has 2 fully saturated rings. The Hall–Kier alpha value is -1.10. The van der Waals surface area contributed by atoms with Crippen molar-refractivity contribution in [1.29, 1.82) is 0 Å². The van der Waals surface area contributed by atoms with Crippen molar-refractivity contribution < 1.29 is 24.5 Å². The van der Waals surface area contributed by atoms with Crippen LogP contribution in [0, 0.1) is 11.8 Å². The van der Waals surface area contributed by atoms with Gasteiger partial charge in [-0.3, -0.25) is 9.59 Å². The monoisotopic (exact) mass is 200 g/mol. The first-order valence-corrected chi connectivity index (χ1v) is 4.67. The second kappa shape index (κ2) is 3.24. The number of carboxylic acid groups (broad SMARTS) is 1. The highest BCUT2D eigenvalue weighted by atomic mass is 16.6. The maximum Gasteiger partial charge on any atom is 0.306 e. The van der Waals surface area contributed by atoms with Crippen LogP contribution in [0.15, 0.2) is 0 Å². The van der Waals surface area contributed by atoms with Gasteiger partial charge >= 0.3 is 11.9 Å². The molecule has 14 heavy (non-hydrogen) atoms. The van der Waals surface area contributed by atoms with E-state index >= 15 is 0 Å². The number of aliphatic hydroxyl groups is 1. The number of carbonyl (C=O) groups excluding carboxylic acids is 1. The summed E-state index contributed by atoms with van der Waals surface area (Å²) in [6.07, 6.45) is -0.358. The van der Waals surface area contributed by atoms with Gasteiger partial charge in [0.1, 0.15) is 6.10 Å². The molecule has 0 amide bonds. The molecule has 1 aliphatic carbocycles. The number of rotatable bonds is 2. The van der Waals surface area contributed by atoms with E-state index in [1.54, 1.807) is 0 Å². The lowest BCUT2D eigenvalue weighted by atomic mass is 9.89. The van der Waals surface area contributed by atoms with Gasteiger partial charge in [0.2, 0.25) is 0 Å². The predicted octanol–water partition coefficient (Wildman–Crippen LogP) is -0.226. The molecule has 2 aliphatic rings. The van der Waals surface area contributed by atoms with E-state index in [1.807, 2.05) is 0 Å². The lowest BCUT2D eigenvalue weighted by Gasteiger charge is -2.16. The van der Waals surface area contributed by atoms with Gasteiger partial charge < -0.3 is 14.9 Å². The number of aliphatic carboxylic acids is 1. The molecule has 0 spiro atoms. The molecule has 5 heteroatoms. The third-order valence-electron chi connectivity index (χ3n) is 3.09. The molecule has 4 atom stereocenters. The summed E-state index contributed by atoms with van der Waals surface area (Å²) in [7, 11) is 0. The van der Waals surface area contributed by atoms with Gasteiger partial charge in [-0.05, 0) is 0 Å². The van der Waals surface area contributed by atoms with Crippen LogP contribution in [0.3, 0.4) is 0 Å². The molecule has 2 rings (SSSR count). The quantitative estimate of drug-likeness (QED) is 0.602. The molecule has 0 radical (unpaired) electrons. The van der Waals surface area contributed by atoms with Gasteiger partial charge in [0.15, 0.2) is 0 Å². The van der Waals surface area contributed by atoms with E-state index < -0.39 is 12.1 Å². The summed E-state index contributed by atoms with van der Waals surface area (Å²) in [5, 5.41) is 18.2. The van der Waals surface area contributed by atoms with Crippen LogP contribution < -0.4 is 0 Å². The van der Waals surface area contributed by atoms with Gasteiger partial charge in [-0.25, -0.2) is 0 Å². The number of carbonyl (C=O) groups is 2. The normalized spacial score (nSPS) is 40.8. The van der Waals surface area contributed by atoms with Crippen molar-refractivity contribution in [3.63, 3.8) is 0 Å². The molecule has 0 aromatic rings. The van der Waals surface area contributed by atoms with Gasteiger partial charge in [0, 0.05) is 18.3 Å². The first-order valence-electron chi connectivity index (χ1n) is 4.67. The van der Waals surface area contributed by atoms with Crippen molar-refractivity contribution >= 4 is 11.9 Å². The van der Waals surface area contributed by atoms with Crippen molar-refractivity contribution in [2.75, 3.05) is 0 Å². The molecule has 0 aromatic carbocycles. The summed E-state index contributed by atoms with van der Waals surface area (Å²) in [5.74, 6) is -1.64. The third kappa shape index (κ3) is 1.48. The SMILES string of the molecule is O=C(O)CC1C(O)CC2OC(=O)C[C@@H]21. The Labute approximate surface area is 80.7 Å². The average molecular weight is 200 g/mol. The van der Waals surface area contributed by atoms with Crippen LogP contribution in [0.4, 0.5) is 0 Å². The minimum atomic E-state index is -0.936. The fourth-order valence-electron chi connectivity index (χ4n) is 2.47. The molecular weight excluding hydrogens is 188 g/mol. The van der Waals surface area contributed by atoms with Gasteiger partial charge in [-0.1, -0.05) is 0 Å². The molecule has 1 heterocycles. The first-order chi connectivity index (χ1) is 6.58. The first kappa shape index (κ1) is 9.45. The fraction of sp³-hybridized carbons (Fsp3) is 0.778. The fourth-order valence-corrected chi connectivity index (χ4v) is 2.47. The number of aliphatic hydroxyl groups excluding tert-OH is 1. The van der Waals surface area contributed by atoms with Crippen LogP contribution in [-0.2, 0) is 14.3 Å². The largest absolute Gasteiger partial charge is 0.481 e. The zero-order valence-corrected chi connectivity index (χ0v) is 7.55. The Morgan fingerprint density at radius 2 is 2.29 bits per heavy atom. The Kier molecular flexibility index (Phi) is 2.19. The number of esters is 1. The number of hydrogen-bond acceptors (Lipinski definition) is 4. The van der Waals surface area contributed by atoms with Crippen molar-refractivity contribution in [3.8, 4) is 0 Å². The molecule has 3 unspecified atom stereocenters. The molecule has 78 valence electrons. The highest BCUT2D eigenvalue weighted by Crippen LogP contribution is 2.42. The lowest BCUT2D eigenvalue weighted by molar-refractivity contribution is -0.142. The second-order valence-electron chi connectivity index (χ2n) is 3.96. The second-order valence-corrected chi connectivity index (χ2v) is 3.96.